The summed E-state index contributed by atoms with van der Waals surface area (Å²) < 4.78 is 80.5. The van der Waals surface area contributed by atoms with Gasteiger partial charge in [-0.25, -0.2) is 13.2 Å². The summed E-state index contributed by atoms with van der Waals surface area (Å²) in [6, 6.07) is 8.64. The predicted octanol–water partition coefficient (Wildman–Crippen LogP) is 6.63. The highest BCUT2D eigenvalue weighted by atomic mass is 79.9. The summed E-state index contributed by atoms with van der Waals surface area (Å²) >= 11 is 3.19. The van der Waals surface area contributed by atoms with E-state index in [1.165, 1.54) is 36.4 Å². The summed E-state index contributed by atoms with van der Waals surface area (Å²) in [6.45, 7) is 0. The minimum atomic E-state index is -4.88. The number of benzene rings is 3. The average Bonchev–Trinajstić information content (AvgIpc) is 3.09. The van der Waals surface area contributed by atoms with Crippen molar-refractivity contribution in [3.8, 4) is 0 Å². The first-order valence-electron chi connectivity index (χ1n) is 9.66. The summed E-state index contributed by atoms with van der Waals surface area (Å²) in [5, 5.41) is 4.99. The zero-order valence-corrected chi connectivity index (χ0v) is 18.4. The molecule has 2 amide bonds. The van der Waals surface area contributed by atoms with Crippen molar-refractivity contribution in [1.82, 2.24) is 5.32 Å². The Morgan fingerprint density at radius 1 is 1.06 bits per heavy atom. The van der Waals surface area contributed by atoms with Crippen LogP contribution in [0, 0.1) is 5.82 Å². The third kappa shape index (κ3) is 4.52. The van der Waals surface area contributed by atoms with Crippen LogP contribution in [0.3, 0.4) is 0 Å². The molecule has 1 unspecified atom stereocenters. The number of anilines is 1. The number of amides is 2. The minimum absolute atomic E-state index is 0.0142. The number of hydrogen-bond donors (Lipinski definition) is 2. The maximum Gasteiger partial charge on any atom is 0.416 e. The molecule has 3 aromatic carbocycles. The molecular formula is C23H13BrF6N2O2. The first-order chi connectivity index (χ1) is 16.0. The van der Waals surface area contributed by atoms with Crippen LogP contribution in [0.5, 0.6) is 0 Å². The van der Waals surface area contributed by atoms with Crippen LogP contribution in [0.1, 0.15) is 55.4 Å². The molecule has 3 aromatic rings. The van der Waals surface area contributed by atoms with Gasteiger partial charge in [-0.1, -0.05) is 40.2 Å². The van der Waals surface area contributed by atoms with Crippen LogP contribution < -0.4 is 10.6 Å². The molecule has 0 saturated heterocycles. The molecule has 1 aliphatic heterocycles. The van der Waals surface area contributed by atoms with Crippen molar-refractivity contribution in [2.45, 2.75) is 18.6 Å². The molecular weight excluding hydrogens is 530 g/mol. The zero-order chi connectivity index (χ0) is 24.8. The highest BCUT2D eigenvalue weighted by Crippen LogP contribution is 2.41. The standard InChI is InChI=1S/C23H13BrF6N2O2/c24-12-8-16-18(19(32-22(16)34)14-3-1-2-4-15(14)20(26)27)17(9-12)31-21(33)10-5-11(23(28,29)30)7-13(25)6-10/h1-9,19-20H,(H,31,33)(H,32,34). The van der Waals surface area contributed by atoms with Gasteiger partial charge in [0.25, 0.3) is 18.2 Å². The Kier molecular flexibility index (Phi) is 6.15. The fourth-order valence-corrected chi connectivity index (χ4v) is 4.24. The molecule has 11 heteroatoms. The molecule has 0 spiro atoms. The Balaban J connectivity index is 1.79. The van der Waals surface area contributed by atoms with Gasteiger partial charge in [-0.15, -0.1) is 0 Å². The van der Waals surface area contributed by atoms with Crippen molar-refractivity contribution in [2.24, 2.45) is 0 Å². The topological polar surface area (TPSA) is 58.2 Å². The smallest absolute Gasteiger partial charge is 0.341 e. The lowest BCUT2D eigenvalue weighted by molar-refractivity contribution is -0.137. The highest BCUT2D eigenvalue weighted by Gasteiger charge is 2.36. The van der Waals surface area contributed by atoms with Gasteiger partial charge < -0.3 is 10.6 Å². The largest absolute Gasteiger partial charge is 0.416 e. The van der Waals surface area contributed by atoms with Crippen molar-refractivity contribution in [2.75, 3.05) is 5.32 Å². The van der Waals surface area contributed by atoms with E-state index in [1.54, 1.807) is 0 Å². The number of alkyl halides is 5. The van der Waals surface area contributed by atoms with Crippen molar-refractivity contribution < 1.29 is 35.9 Å². The first kappa shape index (κ1) is 23.8. The van der Waals surface area contributed by atoms with E-state index in [9.17, 15) is 35.9 Å². The molecule has 0 aliphatic carbocycles. The molecule has 1 aliphatic rings. The summed E-state index contributed by atoms with van der Waals surface area (Å²) in [6.07, 6.45) is -7.73. The van der Waals surface area contributed by atoms with Crippen LogP contribution in [-0.4, -0.2) is 11.8 Å². The molecule has 2 N–H and O–H groups in total. The van der Waals surface area contributed by atoms with Crippen molar-refractivity contribution >= 4 is 33.4 Å². The van der Waals surface area contributed by atoms with Crippen LogP contribution in [0.2, 0.25) is 0 Å². The maximum atomic E-state index is 13.8. The first-order valence-corrected chi connectivity index (χ1v) is 10.5. The summed E-state index contributed by atoms with van der Waals surface area (Å²) in [5.41, 5.74) is -1.98. The maximum absolute atomic E-state index is 13.8. The number of nitrogens with one attached hydrogen (secondary N) is 2. The van der Waals surface area contributed by atoms with Crippen molar-refractivity contribution in [1.29, 1.82) is 0 Å². The van der Waals surface area contributed by atoms with Gasteiger partial charge in [-0.2, -0.15) is 13.2 Å². The van der Waals surface area contributed by atoms with Crippen molar-refractivity contribution in [3.05, 3.63) is 98.3 Å². The van der Waals surface area contributed by atoms with Gasteiger partial charge in [0.15, 0.2) is 0 Å². The SMILES string of the molecule is O=C(Nc1cc(Br)cc2c1C(c1ccccc1C(F)F)NC2=O)c1cc(F)cc(C(F)(F)F)c1. The Morgan fingerprint density at radius 3 is 2.44 bits per heavy atom. The van der Waals surface area contributed by atoms with Gasteiger partial charge in [0.1, 0.15) is 5.82 Å². The molecule has 1 atom stereocenters. The van der Waals surface area contributed by atoms with Crippen LogP contribution >= 0.6 is 15.9 Å². The molecule has 4 nitrogen and oxygen atoms in total. The number of fused-ring (bicyclic) bond motifs is 1. The fraction of sp³-hybridized carbons (Fsp3) is 0.130. The second-order valence-electron chi connectivity index (χ2n) is 7.43. The second-order valence-corrected chi connectivity index (χ2v) is 8.35. The molecule has 0 saturated carbocycles. The van der Waals surface area contributed by atoms with E-state index in [1.807, 2.05) is 0 Å². The number of rotatable bonds is 4. The number of hydrogen-bond acceptors (Lipinski definition) is 2. The van der Waals surface area contributed by atoms with E-state index < -0.39 is 47.4 Å². The second kappa shape index (κ2) is 8.79. The summed E-state index contributed by atoms with van der Waals surface area (Å²) in [5.74, 6) is -2.93. The number of carbonyl (C=O) groups is 2. The predicted molar refractivity (Wildman–Crippen MR) is 114 cm³/mol. The minimum Gasteiger partial charge on any atom is -0.341 e. The quantitative estimate of drug-likeness (QED) is 0.363. The Labute approximate surface area is 197 Å². The average molecular weight is 543 g/mol. The van der Waals surface area contributed by atoms with E-state index >= 15 is 0 Å². The van der Waals surface area contributed by atoms with Crippen LogP contribution in [0.25, 0.3) is 0 Å². The number of halogens is 7. The normalized spacial score (nSPS) is 15.3. The molecule has 4 rings (SSSR count). The molecule has 0 aromatic heterocycles. The van der Waals surface area contributed by atoms with Gasteiger partial charge >= 0.3 is 6.18 Å². The summed E-state index contributed by atoms with van der Waals surface area (Å²) in [7, 11) is 0. The van der Waals surface area contributed by atoms with Gasteiger partial charge in [0.2, 0.25) is 0 Å². The highest BCUT2D eigenvalue weighted by molar-refractivity contribution is 9.10. The Hall–Kier alpha value is -3.34. The lowest BCUT2D eigenvalue weighted by atomic mass is 9.93. The van der Waals surface area contributed by atoms with Gasteiger partial charge in [-0.05, 0) is 35.9 Å². The zero-order valence-electron chi connectivity index (χ0n) is 16.8. The van der Waals surface area contributed by atoms with Crippen LogP contribution in [-0.2, 0) is 6.18 Å². The molecule has 0 radical (unpaired) electrons. The van der Waals surface area contributed by atoms with E-state index in [0.29, 0.717) is 16.6 Å². The van der Waals surface area contributed by atoms with Gasteiger partial charge in [0.05, 0.1) is 11.6 Å². The lowest BCUT2D eigenvalue weighted by Gasteiger charge is -2.20. The molecule has 0 bridgehead atoms. The Bertz CT molecular complexity index is 1310. The third-order valence-electron chi connectivity index (χ3n) is 5.23. The van der Waals surface area contributed by atoms with E-state index in [2.05, 4.69) is 26.6 Å². The van der Waals surface area contributed by atoms with Gasteiger partial charge in [0, 0.05) is 32.4 Å². The van der Waals surface area contributed by atoms with Crippen LogP contribution in [0.4, 0.5) is 32.0 Å². The fourth-order valence-electron chi connectivity index (χ4n) is 3.79. The molecule has 0 fully saturated rings. The summed E-state index contributed by atoms with van der Waals surface area (Å²) in [4.78, 5) is 25.4. The van der Waals surface area contributed by atoms with Gasteiger partial charge in [-0.3, -0.25) is 9.59 Å². The third-order valence-corrected chi connectivity index (χ3v) is 5.69. The molecule has 34 heavy (non-hydrogen) atoms. The van der Waals surface area contributed by atoms with Crippen molar-refractivity contribution in [3.63, 3.8) is 0 Å². The van der Waals surface area contributed by atoms with E-state index in [-0.39, 0.29) is 34.0 Å². The lowest BCUT2D eigenvalue weighted by Crippen LogP contribution is -2.22. The number of carbonyl (C=O) groups excluding carboxylic acids is 2. The molecule has 176 valence electrons. The van der Waals surface area contributed by atoms with E-state index in [0.717, 1.165) is 0 Å². The van der Waals surface area contributed by atoms with E-state index in [4.69, 9.17) is 0 Å². The monoisotopic (exact) mass is 542 g/mol. The van der Waals surface area contributed by atoms with Crippen LogP contribution in [0.15, 0.2) is 59.1 Å². The Morgan fingerprint density at radius 2 is 1.76 bits per heavy atom. The molecule has 1 heterocycles.